The molecule has 0 unspecified atom stereocenters. The molecule has 9 heteroatoms. The van der Waals surface area contributed by atoms with E-state index in [1.54, 1.807) is 37.6 Å². The summed E-state index contributed by atoms with van der Waals surface area (Å²) in [4.78, 5) is 15.1. The van der Waals surface area contributed by atoms with E-state index in [9.17, 15) is 13.2 Å². The Balaban J connectivity index is 1.39. The molecule has 0 aliphatic carbocycles. The van der Waals surface area contributed by atoms with Crippen molar-refractivity contribution >= 4 is 21.6 Å². The van der Waals surface area contributed by atoms with E-state index in [1.165, 1.54) is 24.3 Å². The standard InChI is InChI=1S/C24H27N3O5S/c1-31-20-10-8-19(9-11-20)26-33(29,30)21-12-6-18(7-13-21)24(28)25-17-22(23-5-4-16-32-23)27-14-2-3-15-27/h4-13,16,22,26H,2-3,14-15,17H2,1H3,(H,25,28)/t22-/m0/s1. The molecular weight excluding hydrogens is 442 g/mol. The van der Waals surface area contributed by atoms with Gasteiger partial charge in [0.1, 0.15) is 11.5 Å². The molecule has 8 nitrogen and oxygen atoms in total. The molecule has 4 rings (SSSR count). The molecule has 33 heavy (non-hydrogen) atoms. The van der Waals surface area contributed by atoms with Crippen LogP contribution in [0.2, 0.25) is 0 Å². The van der Waals surface area contributed by atoms with Gasteiger partial charge in [0.15, 0.2) is 0 Å². The third-order valence-corrected chi connectivity index (χ3v) is 7.08. The predicted molar refractivity (Wildman–Crippen MR) is 125 cm³/mol. The number of carbonyl (C=O) groups excluding carboxylic acids is 1. The topological polar surface area (TPSA) is 101 Å². The van der Waals surface area contributed by atoms with Crippen LogP contribution in [-0.4, -0.2) is 46.0 Å². The molecule has 0 radical (unpaired) electrons. The van der Waals surface area contributed by atoms with Crippen LogP contribution in [0.15, 0.2) is 76.2 Å². The first kappa shape index (κ1) is 22.9. The molecule has 1 aliphatic rings. The number of rotatable bonds is 9. The molecule has 2 aromatic carbocycles. The third-order valence-electron chi connectivity index (χ3n) is 5.68. The predicted octanol–water partition coefficient (Wildman–Crippen LogP) is 3.66. The Morgan fingerprint density at radius 3 is 2.36 bits per heavy atom. The number of likely N-dealkylation sites (tertiary alicyclic amines) is 1. The quantitative estimate of drug-likeness (QED) is 0.496. The number of sulfonamides is 1. The number of nitrogens with zero attached hydrogens (tertiary/aromatic N) is 1. The largest absolute Gasteiger partial charge is 0.497 e. The van der Waals surface area contributed by atoms with Crippen LogP contribution in [0.1, 0.15) is 35.0 Å². The molecule has 0 spiro atoms. The normalized spacial score (nSPS) is 15.2. The molecule has 174 valence electrons. The molecule has 1 fully saturated rings. The number of hydrogen-bond donors (Lipinski definition) is 2. The fraction of sp³-hybridized carbons (Fsp3) is 0.292. The summed E-state index contributed by atoms with van der Waals surface area (Å²) >= 11 is 0. The molecule has 1 saturated heterocycles. The van der Waals surface area contributed by atoms with Gasteiger partial charge in [0.25, 0.3) is 15.9 Å². The Hall–Kier alpha value is -3.30. The summed E-state index contributed by atoms with van der Waals surface area (Å²) < 4.78 is 38.5. The summed E-state index contributed by atoms with van der Waals surface area (Å²) in [6.45, 7) is 2.34. The Morgan fingerprint density at radius 1 is 1.06 bits per heavy atom. The van der Waals surface area contributed by atoms with Crippen LogP contribution in [0.4, 0.5) is 5.69 Å². The maximum absolute atomic E-state index is 12.7. The van der Waals surface area contributed by atoms with Crippen molar-refractivity contribution in [3.8, 4) is 5.75 Å². The van der Waals surface area contributed by atoms with Crippen molar-refractivity contribution in [3.05, 3.63) is 78.3 Å². The van der Waals surface area contributed by atoms with Crippen LogP contribution in [0.3, 0.4) is 0 Å². The van der Waals surface area contributed by atoms with Crippen LogP contribution in [0, 0.1) is 0 Å². The van der Waals surface area contributed by atoms with E-state index in [0.29, 0.717) is 23.5 Å². The monoisotopic (exact) mass is 469 g/mol. The highest BCUT2D eigenvalue weighted by molar-refractivity contribution is 7.92. The van der Waals surface area contributed by atoms with Crippen molar-refractivity contribution in [2.45, 2.75) is 23.8 Å². The second kappa shape index (κ2) is 10.1. The lowest BCUT2D eigenvalue weighted by Gasteiger charge is -2.26. The number of furan rings is 1. The minimum Gasteiger partial charge on any atom is -0.497 e. The van der Waals surface area contributed by atoms with E-state index in [2.05, 4.69) is 14.9 Å². The maximum atomic E-state index is 12.7. The fourth-order valence-electron chi connectivity index (χ4n) is 3.89. The summed E-state index contributed by atoms with van der Waals surface area (Å²) in [7, 11) is -2.24. The molecule has 0 saturated carbocycles. The van der Waals surface area contributed by atoms with E-state index in [4.69, 9.17) is 9.15 Å². The van der Waals surface area contributed by atoms with Gasteiger partial charge in [-0.05, 0) is 86.6 Å². The molecular formula is C24H27N3O5S. The molecule has 0 bridgehead atoms. The lowest BCUT2D eigenvalue weighted by Crippen LogP contribution is -2.36. The van der Waals surface area contributed by atoms with E-state index in [-0.39, 0.29) is 16.8 Å². The van der Waals surface area contributed by atoms with Crippen LogP contribution in [0.5, 0.6) is 5.75 Å². The van der Waals surface area contributed by atoms with Gasteiger partial charge in [0, 0.05) is 17.8 Å². The number of amides is 1. The molecule has 1 aromatic heterocycles. The maximum Gasteiger partial charge on any atom is 0.261 e. The average molecular weight is 470 g/mol. The minimum atomic E-state index is -3.78. The van der Waals surface area contributed by atoms with Crippen LogP contribution < -0.4 is 14.8 Å². The second-order valence-corrected chi connectivity index (χ2v) is 9.53. The lowest BCUT2D eigenvalue weighted by atomic mass is 10.1. The third kappa shape index (κ3) is 5.55. The minimum absolute atomic E-state index is 0.0280. The van der Waals surface area contributed by atoms with Crippen molar-refractivity contribution < 1.29 is 22.4 Å². The Labute approximate surface area is 193 Å². The highest BCUT2D eigenvalue weighted by Gasteiger charge is 2.26. The van der Waals surface area contributed by atoms with Crippen LogP contribution >= 0.6 is 0 Å². The van der Waals surface area contributed by atoms with Gasteiger partial charge in [-0.2, -0.15) is 0 Å². The van der Waals surface area contributed by atoms with Gasteiger partial charge in [-0.3, -0.25) is 14.4 Å². The van der Waals surface area contributed by atoms with Gasteiger partial charge in [0.05, 0.1) is 24.3 Å². The Morgan fingerprint density at radius 2 is 1.76 bits per heavy atom. The second-order valence-electron chi connectivity index (χ2n) is 7.84. The molecule has 1 amide bonds. The van der Waals surface area contributed by atoms with Crippen molar-refractivity contribution in [1.29, 1.82) is 0 Å². The van der Waals surface area contributed by atoms with Crippen molar-refractivity contribution in [3.63, 3.8) is 0 Å². The average Bonchev–Trinajstić information content (AvgIpc) is 3.55. The molecule has 1 aliphatic heterocycles. The van der Waals surface area contributed by atoms with Gasteiger partial charge >= 0.3 is 0 Å². The van der Waals surface area contributed by atoms with Crippen LogP contribution in [-0.2, 0) is 10.0 Å². The number of benzene rings is 2. The fourth-order valence-corrected chi connectivity index (χ4v) is 4.95. The van der Waals surface area contributed by atoms with E-state index in [1.807, 2.05) is 12.1 Å². The van der Waals surface area contributed by atoms with E-state index in [0.717, 1.165) is 31.7 Å². The zero-order valence-corrected chi connectivity index (χ0v) is 19.2. The summed E-state index contributed by atoms with van der Waals surface area (Å²) in [6, 6.07) is 16.2. The van der Waals surface area contributed by atoms with Crippen molar-refractivity contribution in [2.24, 2.45) is 0 Å². The number of hydrogen-bond acceptors (Lipinski definition) is 6. The highest BCUT2D eigenvalue weighted by Crippen LogP contribution is 2.25. The number of anilines is 1. The van der Waals surface area contributed by atoms with Gasteiger partial charge in [0.2, 0.25) is 0 Å². The zero-order valence-electron chi connectivity index (χ0n) is 18.4. The number of methoxy groups -OCH3 is 1. The number of carbonyl (C=O) groups is 1. The van der Waals surface area contributed by atoms with E-state index < -0.39 is 10.0 Å². The van der Waals surface area contributed by atoms with Gasteiger partial charge in [-0.1, -0.05) is 0 Å². The van der Waals surface area contributed by atoms with Crippen molar-refractivity contribution in [2.75, 3.05) is 31.5 Å². The first-order valence-electron chi connectivity index (χ1n) is 10.8. The summed E-state index contributed by atoms with van der Waals surface area (Å²) in [5, 5.41) is 2.96. The molecule has 3 aromatic rings. The smallest absolute Gasteiger partial charge is 0.261 e. The van der Waals surface area contributed by atoms with Crippen LogP contribution in [0.25, 0.3) is 0 Å². The van der Waals surface area contributed by atoms with Gasteiger partial charge in [-0.15, -0.1) is 0 Å². The first-order chi connectivity index (χ1) is 16.0. The Bertz CT molecular complexity index is 1150. The van der Waals surface area contributed by atoms with Gasteiger partial charge < -0.3 is 14.5 Å². The van der Waals surface area contributed by atoms with Crippen molar-refractivity contribution in [1.82, 2.24) is 10.2 Å². The number of nitrogens with one attached hydrogen (secondary N) is 2. The van der Waals surface area contributed by atoms with Gasteiger partial charge in [-0.25, -0.2) is 8.42 Å². The zero-order chi connectivity index (χ0) is 23.3. The Kier molecular flexibility index (Phi) is 7.00. The number of ether oxygens (including phenoxy) is 1. The molecule has 2 heterocycles. The lowest BCUT2D eigenvalue weighted by molar-refractivity contribution is 0.0933. The SMILES string of the molecule is COc1ccc(NS(=O)(=O)c2ccc(C(=O)NC[C@@H](c3ccco3)N3CCCC3)cc2)cc1. The van der Waals surface area contributed by atoms with E-state index >= 15 is 0 Å². The summed E-state index contributed by atoms with van der Waals surface area (Å²) in [5.74, 6) is 1.19. The highest BCUT2D eigenvalue weighted by atomic mass is 32.2. The molecule has 1 atom stereocenters. The summed E-state index contributed by atoms with van der Waals surface area (Å²) in [6.07, 6.45) is 3.90. The summed E-state index contributed by atoms with van der Waals surface area (Å²) in [5.41, 5.74) is 0.807. The first-order valence-corrected chi connectivity index (χ1v) is 12.3. The molecule has 2 N–H and O–H groups in total.